The molecular formula is C19H20. The largest absolute Gasteiger partial charge is 0.0961 e. The summed E-state index contributed by atoms with van der Waals surface area (Å²) in [5.74, 6) is 0. The molecule has 0 N–H and O–H groups in total. The molecule has 0 heterocycles. The lowest BCUT2D eigenvalue weighted by molar-refractivity contribution is 1.35. The first-order valence-electron chi connectivity index (χ1n) is 6.58. The fourth-order valence-corrected chi connectivity index (χ4v) is 2.21. The van der Waals surface area contributed by atoms with Crippen LogP contribution in [-0.4, -0.2) is 0 Å². The Morgan fingerprint density at radius 3 is 2.32 bits per heavy atom. The van der Waals surface area contributed by atoms with E-state index in [4.69, 9.17) is 0 Å². The van der Waals surface area contributed by atoms with E-state index in [0.29, 0.717) is 0 Å². The van der Waals surface area contributed by atoms with Crippen LogP contribution in [0.25, 0.3) is 5.57 Å². The summed E-state index contributed by atoms with van der Waals surface area (Å²) in [4.78, 5) is 0. The van der Waals surface area contributed by atoms with Crippen LogP contribution in [-0.2, 0) is 0 Å². The van der Waals surface area contributed by atoms with Crippen molar-refractivity contribution in [3.8, 4) is 0 Å². The molecule has 0 aromatic heterocycles. The smallest absolute Gasteiger partial charge is 0.0106 e. The minimum Gasteiger partial charge on any atom is -0.0961 e. The number of allylic oxidation sites excluding steroid dienone is 2. The van der Waals surface area contributed by atoms with Gasteiger partial charge in [0.2, 0.25) is 0 Å². The molecule has 0 radical (unpaired) electrons. The standard InChI is InChI=1S/C19H20/c1-14(2)12-19(17-8-6-5-7-9-17)18-13-15(3)10-11-16(18)4/h5-13H,1H2,2-4H3/b19-12-. The average Bonchev–Trinajstić information content (AvgIpc) is 2.40. The van der Waals surface area contributed by atoms with Crippen molar-refractivity contribution in [2.24, 2.45) is 0 Å². The molecule has 0 fully saturated rings. The number of benzene rings is 2. The predicted octanol–water partition coefficient (Wildman–Crippen LogP) is 5.31. The van der Waals surface area contributed by atoms with E-state index >= 15 is 0 Å². The normalized spacial score (nSPS) is 11.4. The molecule has 0 unspecified atom stereocenters. The predicted molar refractivity (Wildman–Crippen MR) is 84.3 cm³/mol. The first kappa shape index (κ1) is 13.4. The third-order valence-corrected chi connectivity index (χ3v) is 3.16. The topological polar surface area (TPSA) is 0 Å². The SMILES string of the molecule is C=C(C)/C=C(/c1ccccc1)c1cc(C)ccc1C. The number of aryl methyl sites for hydroxylation is 2. The van der Waals surface area contributed by atoms with E-state index in [-0.39, 0.29) is 0 Å². The molecule has 0 aliphatic carbocycles. The van der Waals surface area contributed by atoms with E-state index in [1.807, 2.05) is 13.0 Å². The van der Waals surface area contributed by atoms with Gasteiger partial charge in [-0.05, 0) is 43.0 Å². The first-order chi connectivity index (χ1) is 9.08. The lowest BCUT2D eigenvalue weighted by Crippen LogP contribution is -1.93. The molecule has 0 aliphatic rings. The zero-order chi connectivity index (χ0) is 13.8. The maximum atomic E-state index is 4.02. The van der Waals surface area contributed by atoms with E-state index in [2.05, 4.69) is 69.0 Å². The Kier molecular flexibility index (Phi) is 4.01. The lowest BCUT2D eigenvalue weighted by Gasteiger charge is -2.13. The molecule has 0 aliphatic heterocycles. The van der Waals surface area contributed by atoms with Crippen LogP contribution < -0.4 is 0 Å². The second kappa shape index (κ2) is 5.71. The summed E-state index contributed by atoms with van der Waals surface area (Å²) < 4.78 is 0. The van der Waals surface area contributed by atoms with Crippen molar-refractivity contribution in [2.45, 2.75) is 20.8 Å². The Morgan fingerprint density at radius 2 is 1.68 bits per heavy atom. The van der Waals surface area contributed by atoms with Crippen LogP contribution in [0.4, 0.5) is 0 Å². The number of hydrogen-bond donors (Lipinski definition) is 0. The minimum atomic E-state index is 1.07. The van der Waals surface area contributed by atoms with Crippen LogP contribution in [0.2, 0.25) is 0 Å². The van der Waals surface area contributed by atoms with Crippen molar-refractivity contribution >= 4 is 5.57 Å². The first-order valence-corrected chi connectivity index (χ1v) is 6.58. The molecule has 0 spiro atoms. The van der Waals surface area contributed by atoms with E-state index < -0.39 is 0 Å². The summed E-state index contributed by atoms with van der Waals surface area (Å²) in [6.45, 7) is 10.3. The zero-order valence-electron chi connectivity index (χ0n) is 11.9. The zero-order valence-corrected chi connectivity index (χ0v) is 11.9. The maximum Gasteiger partial charge on any atom is -0.0106 e. The van der Waals surface area contributed by atoms with E-state index in [1.54, 1.807) is 0 Å². The van der Waals surface area contributed by atoms with Gasteiger partial charge in [0.25, 0.3) is 0 Å². The van der Waals surface area contributed by atoms with Crippen LogP contribution >= 0.6 is 0 Å². The van der Waals surface area contributed by atoms with Gasteiger partial charge in [0, 0.05) is 0 Å². The van der Waals surface area contributed by atoms with Crippen LogP contribution in [0.5, 0.6) is 0 Å². The Balaban J connectivity index is 2.63. The van der Waals surface area contributed by atoms with Crippen molar-refractivity contribution in [3.63, 3.8) is 0 Å². The van der Waals surface area contributed by atoms with Crippen molar-refractivity contribution in [2.75, 3.05) is 0 Å². The van der Waals surface area contributed by atoms with Gasteiger partial charge >= 0.3 is 0 Å². The highest BCUT2D eigenvalue weighted by Crippen LogP contribution is 2.28. The second-order valence-electron chi connectivity index (χ2n) is 5.09. The Labute approximate surface area is 116 Å². The van der Waals surface area contributed by atoms with Crippen molar-refractivity contribution in [1.29, 1.82) is 0 Å². The van der Waals surface area contributed by atoms with E-state index in [0.717, 1.165) is 5.57 Å². The highest BCUT2D eigenvalue weighted by atomic mass is 14.1. The van der Waals surface area contributed by atoms with Gasteiger partial charge in [-0.15, -0.1) is 0 Å². The quantitative estimate of drug-likeness (QED) is 0.646. The number of hydrogen-bond acceptors (Lipinski definition) is 0. The second-order valence-corrected chi connectivity index (χ2v) is 5.09. The van der Waals surface area contributed by atoms with E-state index in [1.165, 1.54) is 27.8 Å². The van der Waals surface area contributed by atoms with Crippen LogP contribution in [0.15, 0.2) is 66.8 Å². The number of rotatable bonds is 3. The van der Waals surface area contributed by atoms with Crippen molar-refractivity contribution < 1.29 is 0 Å². The van der Waals surface area contributed by atoms with Crippen molar-refractivity contribution in [3.05, 3.63) is 89.0 Å². The summed E-state index contributed by atoms with van der Waals surface area (Å²) >= 11 is 0. The Hall–Kier alpha value is -2.08. The molecule has 0 bridgehead atoms. The minimum absolute atomic E-state index is 1.07. The molecule has 0 atom stereocenters. The fraction of sp³-hybridized carbons (Fsp3) is 0.158. The molecule has 0 saturated carbocycles. The van der Waals surface area contributed by atoms with Gasteiger partial charge in [-0.3, -0.25) is 0 Å². The third kappa shape index (κ3) is 3.23. The van der Waals surface area contributed by atoms with Crippen LogP contribution in [0.1, 0.15) is 29.2 Å². The van der Waals surface area contributed by atoms with Crippen LogP contribution in [0.3, 0.4) is 0 Å². The summed E-state index contributed by atoms with van der Waals surface area (Å²) in [6.07, 6.45) is 2.16. The third-order valence-electron chi connectivity index (χ3n) is 3.16. The van der Waals surface area contributed by atoms with Crippen molar-refractivity contribution in [1.82, 2.24) is 0 Å². The molecule has 96 valence electrons. The molecule has 0 heteroatoms. The molecule has 2 rings (SSSR count). The molecule has 2 aromatic carbocycles. The van der Waals surface area contributed by atoms with Gasteiger partial charge in [-0.25, -0.2) is 0 Å². The van der Waals surface area contributed by atoms with Gasteiger partial charge in [-0.1, -0.05) is 72.3 Å². The molecule has 2 aromatic rings. The summed E-state index contributed by atoms with van der Waals surface area (Å²) in [5.41, 5.74) is 7.41. The highest BCUT2D eigenvalue weighted by molar-refractivity contribution is 5.83. The monoisotopic (exact) mass is 248 g/mol. The van der Waals surface area contributed by atoms with Gasteiger partial charge in [0.05, 0.1) is 0 Å². The lowest BCUT2D eigenvalue weighted by atomic mass is 9.92. The Bertz CT molecular complexity index is 616. The summed E-state index contributed by atoms with van der Waals surface area (Å²) in [5, 5.41) is 0. The highest BCUT2D eigenvalue weighted by Gasteiger charge is 2.08. The maximum absolute atomic E-state index is 4.02. The van der Waals surface area contributed by atoms with Gasteiger partial charge in [-0.2, -0.15) is 0 Å². The van der Waals surface area contributed by atoms with Crippen LogP contribution in [0, 0.1) is 13.8 Å². The van der Waals surface area contributed by atoms with Gasteiger partial charge in [0.1, 0.15) is 0 Å². The molecule has 0 amide bonds. The fourth-order valence-electron chi connectivity index (χ4n) is 2.21. The van der Waals surface area contributed by atoms with E-state index in [9.17, 15) is 0 Å². The van der Waals surface area contributed by atoms with Gasteiger partial charge in [0.15, 0.2) is 0 Å². The Morgan fingerprint density at radius 1 is 1.00 bits per heavy atom. The molecular weight excluding hydrogens is 228 g/mol. The molecule has 0 saturated heterocycles. The molecule has 19 heavy (non-hydrogen) atoms. The molecule has 0 nitrogen and oxygen atoms in total. The average molecular weight is 248 g/mol. The van der Waals surface area contributed by atoms with Gasteiger partial charge < -0.3 is 0 Å². The summed E-state index contributed by atoms with van der Waals surface area (Å²) in [6, 6.07) is 17.1. The summed E-state index contributed by atoms with van der Waals surface area (Å²) in [7, 11) is 0.